The van der Waals surface area contributed by atoms with Crippen LogP contribution in [0.5, 0.6) is 0 Å². The molecule has 3 rings (SSSR count). The highest BCUT2D eigenvalue weighted by atomic mass is 35.5. The van der Waals surface area contributed by atoms with Gasteiger partial charge >= 0.3 is 0 Å². The van der Waals surface area contributed by atoms with E-state index in [9.17, 15) is 4.79 Å². The number of hydrogen-bond acceptors (Lipinski definition) is 2. The van der Waals surface area contributed by atoms with Crippen LogP contribution < -0.4 is 5.32 Å². The average Bonchev–Trinajstić information content (AvgIpc) is 2.48. The third-order valence-electron chi connectivity index (χ3n) is 4.17. The van der Waals surface area contributed by atoms with Crippen LogP contribution in [0.15, 0.2) is 30.3 Å². The summed E-state index contributed by atoms with van der Waals surface area (Å²) >= 11 is 5.91. The fraction of sp³-hybridized carbons (Fsp3) is 0.412. The van der Waals surface area contributed by atoms with Crippen molar-refractivity contribution in [1.29, 1.82) is 0 Å². The molecule has 1 aromatic carbocycles. The fourth-order valence-electron chi connectivity index (χ4n) is 3.09. The molecule has 3 nitrogen and oxygen atoms in total. The Hall–Kier alpha value is -1.61. The Bertz CT molecular complexity index is 650. The van der Waals surface area contributed by atoms with E-state index in [1.165, 1.54) is 32.1 Å². The smallest absolute Gasteiger partial charge is 0.224 e. The van der Waals surface area contributed by atoms with Gasteiger partial charge in [0.05, 0.1) is 11.2 Å². The second-order valence-electron chi connectivity index (χ2n) is 5.76. The number of pyridine rings is 1. The first-order valence-electron chi connectivity index (χ1n) is 7.57. The van der Waals surface area contributed by atoms with E-state index in [4.69, 9.17) is 11.6 Å². The van der Waals surface area contributed by atoms with Crippen molar-refractivity contribution in [3.63, 3.8) is 0 Å². The van der Waals surface area contributed by atoms with Gasteiger partial charge in [0.15, 0.2) is 0 Å². The van der Waals surface area contributed by atoms with E-state index in [0.717, 1.165) is 16.6 Å². The molecule has 21 heavy (non-hydrogen) atoms. The summed E-state index contributed by atoms with van der Waals surface area (Å²) in [6.45, 7) is 0. The molecule has 1 amide bonds. The number of carbonyl (C=O) groups is 1. The van der Waals surface area contributed by atoms with Crippen molar-refractivity contribution in [3.8, 4) is 0 Å². The molecule has 0 aliphatic heterocycles. The standard InChI is InChI=1S/C17H19ClN2O/c18-16-10-9-13-14(19-16)7-4-8-15(13)20-17(21)11-12-5-2-1-3-6-12/h4,7-10,12H,1-3,5-6,11H2,(H,20,21). The van der Waals surface area contributed by atoms with Crippen molar-refractivity contribution in [1.82, 2.24) is 4.98 Å². The molecule has 0 unspecified atom stereocenters. The highest BCUT2D eigenvalue weighted by Gasteiger charge is 2.17. The summed E-state index contributed by atoms with van der Waals surface area (Å²) < 4.78 is 0. The Kier molecular flexibility index (Phi) is 4.39. The molecule has 0 bridgehead atoms. The summed E-state index contributed by atoms with van der Waals surface area (Å²) in [6, 6.07) is 9.36. The van der Waals surface area contributed by atoms with Gasteiger partial charge in [-0.1, -0.05) is 36.9 Å². The lowest BCUT2D eigenvalue weighted by Crippen LogP contribution is -2.18. The molecule has 0 radical (unpaired) electrons. The summed E-state index contributed by atoms with van der Waals surface area (Å²) in [5.74, 6) is 0.644. The highest BCUT2D eigenvalue weighted by molar-refractivity contribution is 6.29. The molecule has 1 aliphatic rings. The largest absolute Gasteiger partial charge is 0.325 e. The van der Waals surface area contributed by atoms with Crippen LogP contribution in [0.25, 0.3) is 10.9 Å². The first kappa shape index (κ1) is 14.3. The third-order valence-corrected chi connectivity index (χ3v) is 4.38. The minimum atomic E-state index is 0.101. The van der Waals surface area contributed by atoms with Crippen LogP contribution in [0.2, 0.25) is 5.15 Å². The summed E-state index contributed by atoms with van der Waals surface area (Å²) in [5, 5.41) is 4.43. The van der Waals surface area contributed by atoms with E-state index in [-0.39, 0.29) is 5.91 Å². The van der Waals surface area contributed by atoms with Crippen LogP contribution in [-0.4, -0.2) is 10.9 Å². The maximum atomic E-state index is 12.2. The predicted molar refractivity (Wildman–Crippen MR) is 86.6 cm³/mol. The quantitative estimate of drug-likeness (QED) is 0.828. The predicted octanol–water partition coefficient (Wildman–Crippen LogP) is 4.80. The summed E-state index contributed by atoms with van der Waals surface area (Å²) in [7, 11) is 0. The van der Waals surface area contributed by atoms with E-state index in [1.807, 2.05) is 24.3 Å². The molecule has 1 heterocycles. The zero-order chi connectivity index (χ0) is 14.7. The van der Waals surface area contributed by atoms with E-state index in [2.05, 4.69) is 10.3 Å². The lowest BCUT2D eigenvalue weighted by Gasteiger charge is -2.21. The Morgan fingerprint density at radius 3 is 2.81 bits per heavy atom. The van der Waals surface area contributed by atoms with Crippen molar-refractivity contribution in [2.24, 2.45) is 5.92 Å². The van der Waals surface area contributed by atoms with Gasteiger partial charge < -0.3 is 5.32 Å². The van der Waals surface area contributed by atoms with Gasteiger partial charge in [0, 0.05) is 11.8 Å². The molecule has 2 aromatic rings. The molecule has 1 aromatic heterocycles. The zero-order valence-electron chi connectivity index (χ0n) is 11.9. The summed E-state index contributed by atoms with van der Waals surface area (Å²) in [6.07, 6.45) is 6.81. The number of fused-ring (bicyclic) bond motifs is 1. The minimum Gasteiger partial charge on any atom is -0.325 e. The van der Waals surface area contributed by atoms with Crippen LogP contribution in [0.3, 0.4) is 0 Å². The second kappa shape index (κ2) is 6.44. The number of aromatic nitrogens is 1. The van der Waals surface area contributed by atoms with Crippen molar-refractivity contribution < 1.29 is 4.79 Å². The topological polar surface area (TPSA) is 42.0 Å². The number of hydrogen-bond donors (Lipinski definition) is 1. The number of benzene rings is 1. The molecule has 110 valence electrons. The van der Waals surface area contributed by atoms with Crippen LogP contribution in [0, 0.1) is 5.92 Å². The number of rotatable bonds is 3. The first-order chi connectivity index (χ1) is 10.2. The molecule has 4 heteroatoms. The van der Waals surface area contributed by atoms with E-state index in [1.54, 1.807) is 6.07 Å². The molecule has 1 aliphatic carbocycles. The van der Waals surface area contributed by atoms with Crippen molar-refractivity contribution in [3.05, 3.63) is 35.5 Å². The Morgan fingerprint density at radius 1 is 1.19 bits per heavy atom. The third kappa shape index (κ3) is 3.53. The monoisotopic (exact) mass is 302 g/mol. The lowest BCUT2D eigenvalue weighted by molar-refractivity contribution is -0.117. The van der Waals surface area contributed by atoms with Crippen LogP contribution in [0.4, 0.5) is 5.69 Å². The lowest BCUT2D eigenvalue weighted by atomic mass is 9.87. The highest BCUT2D eigenvalue weighted by Crippen LogP contribution is 2.28. The van der Waals surface area contributed by atoms with E-state index >= 15 is 0 Å². The Morgan fingerprint density at radius 2 is 2.00 bits per heavy atom. The number of carbonyl (C=O) groups excluding carboxylic acids is 1. The van der Waals surface area contributed by atoms with Crippen molar-refractivity contribution in [2.75, 3.05) is 5.32 Å². The molecular weight excluding hydrogens is 284 g/mol. The van der Waals surface area contributed by atoms with Crippen molar-refractivity contribution >= 4 is 34.1 Å². The summed E-state index contributed by atoms with van der Waals surface area (Å²) in [4.78, 5) is 16.5. The molecule has 1 fully saturated rings. The van der Waals surface area contributed by atoms with Gasteiger partial charge in [-0.2, -0.15) is 0 Å². The first-order valence-corrected chi connectivity index (χ1v) is 7.95. The number of amides is 1. The minimum absolute atomic E-state index is 0.101. The van der Waals surface area contributed by atoms with Gasteiger partial charge in [0.2, 0.25) is 5.91 Å². The van der Waals surface area contributed by atoms with Crippen molar-refractivity contribution in [2.45, 2.75) is 38.5 Å². The molecule has 0 spiro atoms. The molecule has 1 saturated carbocycles. The number of anilines is 1. The average molecular weight is 303 g/mol. The SMILES string of the molecule is O=C(CC1CCCCC1)Nc1cccc2nc(Cl)ccc12. The van der Waals surface area contributed by atoms with E-state index < -0.39 is 0 Å². The van der Waals surface area contributed by atoms with Gasteiger partial charge in [0.1, 0.15) is 5.15 Å². The number of halogens is 1. The van der Waals surface area contributed by atoms with Crippen LogP contribution in [-0.2, 0) is 4.79 Å². The molecule has 0 saturated heterocycles. The van der Waals surface area contributed by atoms with Gasteiger partial charge in [-0.25, -0.2) is 4.98 Å². The van der Waals surface area contributed by atoms with Gasteiger partial charge in [0.25, 0.3) is 0 Å². The van der Waals surface area contributed by atoms with Gasteiger partial charge in [-0.15, -0.1) is 0 Å². The summed E-state index contributed by atoms with van der Waals surface area (Å²) in [5.41, 5.74) is 1.62. The zero-order valence-corrected chi connectivity index (χ0v) is 12.7. The maximum Gasteiger partial charge on any atom is 0.224 e. The van der Waals surface area contributed by atoms with Crippen LogP contribution >= 0.6 is 11.6 Å². The molecular formula is C17H19ClN2O. The fourth-order valence-corrected chi connectivity index (χ4v) is 3.25. The Balaban J connectivity index is 1.73. The van der Waals surface area contributed by atoms with Gasteiger partial charge in [-0.05, 0) is 43.0 Å². The van der Waals surface area contributed by atoms with E-state index in [0.29, 0.717) is 17.5 Å². The molecule has 1 N–H and O–H groups in total. The molecule has 0 atom stereocenters. The second-order valence-corrected chi connectivity index (χ2v) is 6.15. The Labute approximate surface area is 129 Å². The number of nitrogens with one attached hydrogen (secondary N) is 1. The normalized spacial score (nSPS) is 16.0. The van der Waals surface area contributed by atoms with Gasteiger partial charge in [-0.3, -0.25) is 4.79 Å². The maximum absolute atomic E-state index is 12.2. The van der Waals surface area contributed by atoms with Crippen LogP contribution in [0.1, 0.15) is 38.5 Å². The number of nitrogens with zero attached hydrogens (tertiary/aromatic N) is 1.